The van der Waals surface area contributed by atoms with E-state index in [-0.39, 0.29) is 0 Å². The zero-order valence-corrected chi connectivity index (χ0v) is 6.96. The van der Waals surface area contributed by atoms with Gasteiger partial charge < -0.3 is 9.94 Å². The van der Waals surface area contributed by atoms with Crippen LogP contribution in [0, 0.1) is 5.21 Å². The maximum absolute atomic E-state index is 10.8. The van der Waals surface area contributed by atoms with Crippen molar-refractivity contribution in [3.8, 4) is 5.75 Å². The van der Waals surface area contributed by atoms with Gasteiger partial charge in [-0.2, -0.15) is 4.73 Å². The van der Waals surface area contributed by atoms with Crippen LogP contribution < -0.4 is 9.47 Å². The fourth-order valence-corrected chi connectivity index (χ4v) is 0.800. The van der Waals surface area contributed by atoms with Crippen LogP contribution in [0.1, 0.15) is 0 Å². The fraction of sp³-hybridized carbons (Fsp3) is 0.167. The van der Waals surface area contributed by atoms with E-state index < -0.39 is 0 Å². The molecule has 10 heavy (non-hydrogen) atoms. The van der Waals surface area contributed by atoms with Crippen LogP contribution in [0.3, 0.4) is 0 Å². The molecule has 0 atom stereocenters. The molecule has 4 heteroatoms. The normalized spacial score (nSPS) is 9.40. The number of methoxy groups -OCH3 is 1. The highest BCUT2D eigenvalue weighted by Gasteiger charge is 2.00. The summed E-state index contributed by atoms with van der Waals surface area (Å²) in [5.41, 5.74) is 0. The molecule has 0 aliphatic rings. The summed E-state index contributed by atoms with van der Waals surface area (Å²) >= 11 is 3.05. The molecule has 0 aliphatic heterocycles. The molecule has 0 amide bonds. The molecular formula is C6H6BrNO2. The van der Waals surface area contributed by atoms with Crippen LogP contribution in [0.5, 0.6) is 5.75 Å². The van der Waals surface area contributed by atoms with Crippen LogP contribution in [0.25, 0.3) is 0 Å². The molecule has 0 saturated carbocycles. The predicted molar refractivity (Wildman–Crippen MR) is 39.7 cm³/mol. The number of rotatable bonds is 1. The van der Waals surface area contributed by atoms with Gasteiger partial charge in [0.05, 0.1) is 7.11 Å². The van der Waals surface area contributed by atoms with Crippen molar-refractivity contribution in [2.24, 2.45) is 0 Å². The van der Waals surface area contributed by atoms with Crippen molar-refractivity contribution in [2.45, 2.75) is 0 Å². The molecule has 0 unspecified atom stereocenters. The summed E-state index contributed by atoms with van der Waals surface area (Å²) in [5, 5.41) is 10.8. The third-order valence-corrected chi connectivity index (χ3v) is 1.69. The Labute approximate surface area is 67.0 Å². The smallest absolute Gasteiger partial charge is 0.259 e. The van der Waals surface area contributed by atoms with Crippen molar-refractivity contribution in [3.05, 3.63) is 28.1 Å². The Kier molecular flexibility index (Phi) is 2.11. The first-order chi connectivity index (χ1) is 4.74. The van der Waals surface area contributed by atoms with Gasteiger partial charge in [0, 0.05) is 22.0 Å². The summed E-state index contributed by atoms with van der Waals surface area (Å²) in [5.74, 6) is 0.554. The molecule has 0 spiro atoms. The van der Waals surface area contributed by atoms with E-state index in [2.05, 4.69) is 15.9 Å². The number of ether oxygens (including phenoxy) is 1. The summed E-state index contributed by atoms with van der Waals surface area (Å²) in [7, 11) is 1.52. The third kappa shape index (κ3) is 1.39. The van der Waals surface area contributed by atoms with Gasteiger partial charge in [-0.15, -0.1) is 0 Å². The van der Waals surface area contributed by atoms with Crippen molar-refractivity contribution >= 4 is 15.9 Å². The largest absolute Gasteiger partial charge is 0.618 e. The van der Waals surface area contributed by atoms with Crippen molar-refractivity contribution < 1.29 is 9.47 Å². The summed E-state index contributed by atoms with van der Waals surface area (Å²) in [4.78, 5) is 0. The van der Waals surface area contributed by atoms with Crippen LogP contribution >= 0.6 is 15.9 Å². The molecule has 1 aromatic rings. The zero-order chi connectivity index (χ0) is 7.56. The van der Waals surface area contributed by atoms with Crippen molar-refractivity contribution in [2.75, 3.05) is 7.11 Å². The van der Waals surface area contributed by atoms with E-state index in [4.69, 9.17) is 4.74 Å². The minimum absolute atomic E-state index is 0.480. The number of hydrogen-bond donors (Lipinski definition) is 0. The number of pyridine rings is 1. The molecule has 0 saturated heterocycles. The second-order valence-electron chi connectivity index (χ2n) is 1.72. The lowest BCUT2D eigenvalue weighted by atomic mass is 10.5. The van der Waals surface area contributed by atoms with E-state index in [1.165, 1.54) is 13.3 Å². The highest BCUT2D eigenvalue weighted by atomic mass is 79.9. The third-order valence-electron chi connectivity index (χ3n) is 1.08. The first-order valence-corrected chi connectivity index (χ1v) is 3.46. The van der Waals surface area contributed by atoms with Gasteiger partial charge in [-0.05, 0) is 6.07 Å². The van der Waals surface area contributed by atoms with E-state index in [9.17, 15) is 5.21 Å². The Morgan fingerprint density at radius 1 is 1.60 bits per heavy atom. The molecule has 54 valence electrons. The van der Waals surface area contributed by atoms with Crippen molar-refractivity contribution in [3.63, 3.8) is 0 Å². The van der Waals surface area contributed by atoms with E-state index in [1.807, 2.05) is 0 Å². The van der Waals surface area contributed by atoms with Gasteiger partial charge in [0.1, 0.15) is 0 Å². The SMILES string of the molecule is COc1ccc(Br)[n+]([O-])c1. The van der Waals surface area contributed by atoms with E-state index >= 15 is 0 Å². The maximum Gasteiger partial charge on any atom is 0.259 e. The van der Waals surface area contributed by atoms with Gasteiger partial charge in [0.15, 0.2) is 5.75 Å². The lowest BCUT2D eigenvalue weighted by Gasteiger charge is -2.00. The fourth-order valence-electron chi connectivity index (χ4n) is 0.565. The van der Waals surface area contributed by atoms with Gasteiger partial charge in [-0.25, -0.2) is 0 Å². The van der Waals surface area contributed by atoms with Crippen LogP contribution in [-0.2, 0) is 0 Å². The van der Waals surface area contributed by atoms with Gasteiger partial charge in [-0.3, -0.25) is 0 Å². The Morgan fingerprint density at radius 2 is 2.30 bits per heavy atom. The highest BCUT2D eigenvalue weighted by molar-refractivity contribution is 9.10. The summed E-state index contributed by atoms with van der Waals surface area (Å²) in [6.07, 6.45) is 1.35. The topological polar surface area (TPSA) is 36.2 Å². The number of halogens is 1. The van der Waals surface area contributed by atoms with Crippen molar-refractivity contribution in [1.29, 1.82) is 0 Å². The van der Waals surface area contributed by atoms with Crippen LogP contribution in [-0.4, -0.2) is 7.11 Å². The first-order valence-electron chi connectivity index (χ1n) is 2.67. The number of aromatic nitrogens is 1. The summed E-state index contributed by atoms with van der Waals surface area (Å²) in [6, 6.07) is 3.34. The minimum atomic E-state index is 0.480. The summed E-state index contributed by atoms with van der Waals surface area (Å²) < 4.78 is 5.98. The van der Waals surface area contributed by atoms with Crippen LogP contribution in [0.15, 0.2) is 22.9 Å². The predicted octanol–water partition coefficient (Wildman–Crippen LogP) is 1.09. The highest BCUT2D eigenvalue weighted by Crippen LogP contribution is 2.09. The second kappa shape index (κ2) is 2.88. The Morgan fingerprint density at radius 3 is 2.80 bits per heavy atom. The van der Waals surface area contributed by atoms with Crippen LogP contribution in [0.4, 0.5) is 0 Å². The Balaban J connectivity index is 3.04. The molecule has 0 fully saturated rings. The molecule has 0 aromatic carbocycles. The molecule has 1 aromatic heterocycles. The average molecular weight is 204 g/mol. The van der Waals surface area contributed by atoms with Crippen molar-refractivity contribution in [1.82, 2.24) is 0 Å². The number of hydrogen-bond acceptors (Lipinski definition) is 2. The van der Waals surface area contributed by atoms with Gasteiger partial charge in [-0.1, -0.05) is 0 Å². The molecule has 0 aliphatic carbocycles. The van der Waals surface area contributed by atoms with Crippen LogP contribution in [0.2, 0.25) is 0 Å². The first kappa shape index (κ1) is 7.34. The Hall–Kier alpha value is -0.770. The van der Waals surface area contributed by atoms with E-state index in [0.29, 0.717) is 15.1 Å². The minimum Gasteiger partial charge on any atom is -0.618 e. The molecule has 3 nitrogen and oxygen atoms in total. The molecule has 1 heterocycles. The molecule has 0 N–H and O–H groups in total. The molecule has 1 rings (SSSR count). The lowest BCUT2D eigenvalue weighted by molar-refractivity contribution is -0.617. The van der Waals surface area contributed by atoms with Gasteiger partial charge in [0.25, 0.3) is 4.60 Å². The monoisotopic (exact) mass is 203 g/mol. The quantitative estimate of drug-likeness (QED) is 0.390. The number of nitrogens with zero attached hydrogens (tertiary/aromatic N) is 1. The van der Waals surface area contributed by atoms with E-state index in [1.54, 1.807) is 12.1 Å². The Bertz CT molecular complexity index is 239. The lowest BCUT2D eigenvalue weighted by Crippen LogP contribution is -2.26. The molecular weight excluding hydrogens is 198 g/mol. The molecule has 0 radical (unpaired) electrons. The zero-order valence-electron chi connectivity index (χ0n) is 5.37. The average Bonchev–Trinajstić information content (AvgIpc) is 1.95. The second-order valence-corrected chi connectivity index (χ2v) is 2.53. The standard InChI is InChI=1S/C6H6BrNO2/c1-10-5-2-3-6(7)8(9)4-5/h2-4H,1H3. The van der Waals surface area contributed by atoms with Gasteiger partial charge >= 0.3 is 0 Å². The molecule has 0 bridgehead atoms. The maximum atomic E-state index is 10.8. The van der Waals surface area contributed by atoms with E-state index in [0.717, 1.165) is 0 Å². The van der Waals surface area contributed by atoms with Gasteiger partial charge in [0.2, 0.25) is 6.20 Å². The summed E-state index contributed by atoms with van der Waals surface area (Å²) in [6.45, 7) is 0.